The third kappa shape index (κ3) is 2.88. The van der Waals surface area contributed by atoms with Gasteiger partial charge in [0.2, 0.25) is 0 Å². The highest BCUT2D eigenvalue weighted by molar-refractivity contribution is 5.87. The van der Waals surface area contributed by atoms with Crippen LogP contribution in [0.2, 0.25) is 0 Å². The molecule has 0 atom stereocenters. The topological polar surface area (TPSA) is 57.0 Å². The molecule has 1 aromatic rings. The van der Waals surface area contributed by atoms with E-state index in [0.29, 0.717) is 5.82 Å². The lowest BCUT2D eigenvalue weighted by Crippen LogP contribution is -2.35. The van der Waals surface area contributed by atoms with E-state index in [1.165, 1.54) is 13.4 Å². The minimum atomic E-state index is -0.761. The van der Waals surface area contributed by atoms with E-state index in [1.54, 1.807) is 18.5 Å². The number of rotatable bonds is 6. The first-order chi connectivity index (χ1) is 7.51. The summed E-state index contributed by atoms with van der Waals surface area (Å²) in [5.74, 6) is 0.720. The summed E-state index contributed by atoms with van der Waals surface area (Å²) in [5, 5.41) is 4.08. The van der Waals surface area contributed by atoms with E-state index in [4.69, 9.17) is 4.74 Å². The first-order valence-corrected chi connectivity index (χ1v) is 5.46. The van der Waals surface area contributed by atoms with Gasteiger partial charge in [0.05, 0.1) is 6.42 Å². The van der Waals surface area contributed by atoms with Crippen molar-refractivity contribution in [3.05, 3.63) is 12.2 Å². The fraction of sp³-hybridized carbons (Fsp3) is 0.727. The molecule has 5 nitrogen and oxygen atoms in total. The lowest BCUT2D eigenvalue weighted by atomic mass is 10.0. The molecule has 0 aliphatic carbocycles. The molecule has 1 heterocycles. The summed E-state index contributed by atoms with van der Waals surface area (Å²) in [6.45, 7) is 6.37. The fourth-order valence-corrected chi connectivity index (χ4v) is 1.29. The normalized spacial score (nSPS) is 11.8. The number of Topliss-reactive ketones (excluding diaryl/α,β-unsaturated/α-hetero) is 1. The van der Waals surface area contributed by atoms with E-state index >= 15 is 0 Å². The average Bonchev–Trinajstić information content (AvgIpc) is 2.66. The molecule has 0 fully saturated rings. The SMILES string of the molecule is CCCn1ncnc1CC(=O)C(C)(C)OC. The number of carbonyl (C=O) groups is 1. The van der Waals surface area contributed by atoms with Crippen molar-refractivity contribution in [3.8, 4) is 0 Å². The minimum Gasteiger partial charge on any atom is -0.371 e. The van der Waals surface area contributed by atoms with E-state index in [0.717, 1.165) is 13.0 Å². The van der Waals surface area contributed by atoms with Crippen molar-refractivity contribution < 1.29 is 9.53 Å². The summed E-state index contributed by atoms with van der Waals surface area (Å²) in [7, 11) is 1.54. The Balaban J connectivity index is 2.73. The van der Waals surface area contributed by atoms with Crippen LogP contribution in [0.4, 0.5) is 0 Å². The number of aromatic nitrogens is 3. The quantitative estimate of drug-likeness (QED) is 0.730. The van der Waals surface area contributed by atoms with Crippen LogP contribution >= 0.6 is 0 Å². The second kappa shape index (κ2) is 5.21. The van der Waals surface area contributed by atoms with Crippen molar-refractivity contribution in [1.29, 1.82) is 0 Å². The van der Waals surface area contributed by atoms with Gasteiger partial charge in [-0.15, -0.1) is 0 Å². The Kier molecular flexibility index (Phi) is 4.18. The highest BCUT2D eigenvalue weighted by Crippen LogP contribution is 2.12. The monoisotopic (exact) mass is 225 g/mol. The standard InChI is InChI=1S/C11H19N3O2/c1-5-6-14-10(12-8-13-14)7-9(15)11(2,3)16-4/h8H,5-7H2,1-4H3. The first-order valence-electron chi connectivity index (χ1n) is 5.46. The number of hydrogen-bond donors (Lipinski definition) is 0. The summed E-state index contributed by atoms with van der Waals surface area (Å²) >= 11 is 0. The Morgan fingerprint density at radius 2 is 2.25 bits per heavy atom. The molecule has 0 aliphatic rings. The molecule has 1 rings (SSSR count). The predicted molar refractivity (Wildman–Crippen MR) is 60.1 cm³/mol. The van der Waals surface area contributed by atoms with Gasteiger partial charge in [0, 0.05) is 13.7 Å². The zero-order chi connectivity index (χ0) is 12.2. The molecule has 0 saturated carbocycles. The molecule has 0 saturated heterocycles. The Morgan fingerprint density at radius 3 is 2.81 bits per heavy atom. The average molecular weight is 225 g/mol. The van der Waals surface area contributed by atoms with Gasteiger partial charge in [-0.25, -0.2) is 9.67 Å². The maximum atomic E-state index is 11.9. The van der Waals surface area contributed by atoms with Gasteiger partial charge in [-0.1, -0.05) is 6.92 Å². The molecule has 0 unspecified atom stereocenters. The van der Waals surface area contributed by atoms with Gasteiger partial charge in [-0.3, -0.25) is 4.79 Å². The van der Waals surface area contributed by atoms with Crippen molar-refractivity contribution in [2.24, 2.45) is 0 Å². The van der Waals surface area contributed by atoms with Crippen LogP contribution in [0.1, 0.15) is 33.0 Å². The van der Waals surface area contributed by atoms with Crippen LogP contribution in [0.5, 0.6) is 0 Å². The molecular weight excluding hydrogens is 206 g/mol. The number of ketones is 1. The highest BCUT2D eigenvalue weighted by atomic mass is 16.5. The molecule has 0 spiro atoms. The summed E-state index contributed by atoms with van der Waals surface area (Å²) in [5.41, 5.74) is -0.761. The summed E-state index contributed by atoms with van der Waals surface area (Å²) in [4.78, 5) is 16.0. The number of methoxy groups -OCH3 is 1. The maximum absolute atomic E-state index is 11.9. The molecule has 0 bridgehead atoms. The van der Waals surface area contributed by atoms with Crippen LogP contribution in [0, 0.1) is 0 Å². The van der Waals surface area contributed by atoms with Crippen LogP contribution in [-0.2, 0) is 22.5 Å². The van der Waals surface area contributed by atoms with Crippen LogP contribution in [0.3, 0.4) is 0 Å². The van der Waals surface area contributed by atoms with Gasteiger partial charge in [0.1, 0.15) is 17.8 Å². The number of nitrogens with zero attached hydrogens (tertiary/aromatic N) is 3. The lowest BCUT2D eigenvalue weighted by molar-refractivity contribution is -0.136. The van der Waals surface area contributed by atoms with Gasteiger partial charge in [0.15, 0.2) is 5.78 Å². The van der Waals surface area contributed by atoms with Crippen molar-refractivity contribution >= 4 is 5.78 Å². The van der Waals surface area contributed by atoms with Crippen LogP contribution < -0.4 is 0 Å². The number of hydrogen-bond acceptors (Lipinski definition) is 4. The number of carbonyl (C=O) groups excluding carboxylic acids is 1. The Bertz CT molecular complexity index is 358. The lowest BCUT2D eigenvalue weighted by Gasteiger charge is -2.20. The third-order valence-electron chi connectivity index (χ3n) is 2.63. The molecule has 1 aromatic heterocycles. The number of ether oxygens (including phenoxy) is 1. The minimum absolute atomic E-state index is 0.0142. The second-order valence-electron chi connectivity index (χ2n) is 4.21. The fourth-order valence-electron chi connectivity index (χ4n) is 1.29. The van der Waals surface area contributed by atoms with E-state index in [9.17, 15) is 4.79 Å². The predicted octanol–water partition coefficient (Wildman–Crippen LogP) is 1.22. The third-order valence-corrected chi connectivity index (χ3v) is 2.63. The summed E-state index contributed by atoms with van der Waals surface area (Å²) < 4.78 is 6.91. The van der Waals surface area contributed by atoms with Crippen molar-refractivity contribution in [2.75, 3.05) is 7.11 Å². The van der Waals surface area contributed by atoms with E-state index in [1.807, 2.05) is 0 Å². The second-order valence-corrected chi connectivity index (χ2v) is 4.21. The zero-order valence-corrected chi connectivity index (χ0v) is 10.4. The molecule has 90 valence electrons. The van der Waals surface area contributed by atoms with Crippen molar-refractivity contribution in [1.82, 2.24) is 14.8 Å². The Hall–Kier alpha value is -1.23. The van der Waals surface area contributed by atoms with Gasteiger partial charge < -0.3 is 4.74 Å². The summed E-state index contributed by atoms with van der Waals surface area (Å²) in [6.07, 6.45) is 2.72. The smallest absolute Gasteiger partial charge is 0.171 e. The zero-order valence-electron chi connectivity index (χ0n) is 10.4. The largest absolute Gasteiger partial charge is 0.371 e. The van der Waals surface area contributed by atoms with Gasteiger partial charge in [-0.05, 0) is 20.3 Å². The van der Waals surface area contributed by atoms with Crippen molar-refractivity contribution in [3.63, 3.8) is 0 Å². The van der Waals surface area contributed by atoms with Crippen LogP contribution in [0.15, 0.2) is 6.33 Å². The molecular formula is C11H19N3O2. The first kappa shape index (κ1) is 12.8. The van der Waals surface area contributed by atoms with E-state index < -0.39 is 5.60 Å². The van der Waals surface area contributed by atoms with Gasteiger partial charge in [-0.2, -0.15) is 5.10 Å². The van der Waals surface area contributed by atoms with Gasteiger partial charge >= 0.3 is 0 Å². The molecule has 0 aliphatic heterocycles. The molecule has 0 amide bonds. The Morgan fingerprint density at radius 1 is 1.56 bits per heavy atom. The maximum Gasteiger partial charge on any atom is 0.171 e. The molecule has 0 N–H and O–H groups in total. The Labute approximate surface area is 95.8 Å². The van der Waals surface area contributed by atoms with E-state index in [2.05, 4.69) is 17.0 Å². The molecule has 5 heteroatoms. The molecule has 0 radical (unpaired) electrons. The van der Waals surface area contributed by atoms with Crippen LogP contribution in [0.25, 0.3) is 0 Å². The van der Waals surface area contributed by atoms with E-state index in [-0.39, 0.29) is 12.2 Å². The summed E-state index contributed by atoms with van der Waals surface area (Å²) in [6, 6.07) is 0. The highest BCUT2D eigenvalue weighted by Gasteiger charge is 2.27. The number of aryl methyl sites for hydroxylation is 1. The van der Waals surface area contributed by atoms with Crippen molar-refractivity contribution in [2.45, 2.75) is 45.8 Å². The molecule has 0 aromatic carbocycles. The van der Waals surface area contributed by atoms with Crippen LogP contribution in [-0.4, -0.2) is 33.3 Å². The van der Waals surface area contributed by atoms with Gasteiger partial charge in [0.25, 0.3) is 0 Å². The molecule has 16 heavy (non-hydrogen) atoms.